The molecule has 1 aromatic heterocycles. The van der Waals surface area contributed by atoms with E-state index in [4.69, 9.17) is 27.9 Å². The minimum atomic E-state index is -1.35. The Kier molecular flexibility index (Phi) is 12.9. The molecule has 0 saturated heterocycles. The zero-order chi connectivity index (χ0) is 23.2. The number of alkyl halides is 1. The van der Waals surface area contributed by atoms with Crippen molar-refractivity contribution in [2.24, 2.45) is 0 Å². The number of allylic oxidation sites excluding steroid dienone is 5. The van der Waals surface area contributed by atoms with Crippen LogP contribution in [0.3, 0.4) is 0 Å². The summed E-state index contributed by atoms with van der Waals surface area (Å²) in [5, 5.41) is 9.63. The second-order valence-electron chi connectivity index (χ2n) is 6.58. The fourth-order valence-corrected chi connectivity index (χ4v) is 2.93. The summed E-state index contributed by atoms with van der Waals surface area (Å²) < 4.78 is 19.3. The lowest BCUT2D eigenvalue weighted by Crippen LogP contribution is -2.36. The Morgan fingerprint density at radius 1 is 1.26 bits per heavy atom. The number of aromatic nitrogens is 2. The van der Waals surface area contributed by atoms with Crippen molar-refractivity contribution in [2.75, 3.05) is 19.8 Å². The Balaban J connectivity index is 3.00. The van der Waals surface area contributed by atoms with Crippen LogP contribution in [0.2, 0.25) is 10.3 Å². The fraction of sp³-hybridized carbons (Fsp3) is 0.409. The summed E-state index contributed by atoms with van der Waals surface area (Å²) >= 11 is 12.1. The average Bonchev–Trinajstić information content (AvgIpc) is 2.69. The van der Waals surface area contributed by atoms with Crippen LogP contribution >= 0.6 is 23.2 Å². The first-order valence-electron chi connectivity index (χ1n) is 9.81. The van der Waals surface area contributed by atoms with Crippen molar-refractivity contribution < 1.29 is 19.0 Å². The zero-order valence-corrected chi connectivity index (χ0v) is 19.4. The molecule has 31 heavy (non-hydrogen) atoms. The number of aliphatic hydroxyl groups is 1. The second kappa shape index (κ2) is 14.9. The highest BCUT2D eigenvalue weighted by Gasteiger charge is 2.26. The van der Waals surface area contributed by atoms with Gasteiger partial charge in [0.25, 0.3) is 5.91 Å². The molecule has 2 atom stereocenters. The second-order valence-corrected chi connectivity index (χ2v) is 7.30. The van der Waals surface area contributed by atoms with Gasteiger partial charge in [0.05, 0.1) is 25.9 Å². The number of carbonyl (C=O) groups excluding carboxylic acids is 1. The molecule has 9 heteroatoms. The fourth-order valence-electron chi connectivity index (χ4n) is 2.45. The SMILES string of the molecule is C/C=C\C=C/CCOC/C=C\C(=C/C(C)F)N(C[C@@H](C)O)C(=O)c1c(Cl)ncnc1Cl. The molecule has 0 fully saturated rings. The highest BCUT2D eigenvalue weighted by Crippen LogP contribution is 2.24. The van der Waals surface area contributed by atoms with Gasteiger partial charge < -0.3 is 14.7 Å². The van der Waals surface area contributed by atoms with Crippen LogP contribution in [0.5, 0.6) is 0 Å². The molecule has 0 aliphatic carbocycles. The van der Waals surface area contributed by atoms with E-state index in [1.807, 2.05) is 31.2 Å². The van der Waals surface area contributed by atoms with Gasteiger partial charge in [-0.15, -0.1) is 0 Å². The minimum Gasteiger partial charge on any atom is -0.392 e. The van der Waals surface area contributed by atoms with Crippen LogP contribution in [0.25, 0.3) is 0 Å². The quantitative estimate of drug-likeness (QED) is 0.265. The summed E-state index contributed by atoms with van der Waals surface area (Å²) in [6, 6.07) is 0. The van der Waals surface area contributed by atoms with Crippen molar-refractivity contribution in [2.45, 2.75) is 39.5 Å². The predicted octanol–water partition coefficient (Wildman–Crippen LogP) is 4.94. The van der Waals surface area contributed by atoms with Crippen molar-refractivity contribution in [1.29, 1.82) is 0 Å². The molecule has 1 N–H and O–H groups in total. The molecule has 1 aromatic rings. The van der Waals surface area contributed by atoms with Gasteiger partial charge in [-0.05, 0) is 39.3 Å². The third-order valence-corrected chi connectivity index (χ3v) is 4.32. The van der Waals surface area contributed by atoms with E-state index in [1.165, 1.54) is 24.8 Å². The maximum Gasteiger partial charge on any atom is 0.264 e. The van der Waals surface area contributed by atoms with Crippen molar-refractivity contribution in [3.63, 3.8) is 0 Å². The maximum atomic E-state index is 13.8. The van der Waals surface area contributed by atoms with Crippen LogP contribution in [0.1, 0.15) is 37.6 Å². The number of hydrogen-bond donors (Lipinski definition) is 1. The molecule has 6 nitrogen and oxygen atoms in total. The van der Waals surface area contributed by atoms with Gasteiger partial charge in [0.2, 0.25) is 0 Å². The van der Waals surface area contributed by atoms with E-state index in [0.29, 0.717) is 6.61 Å². The smallest absolute Gasteiger partial charge is 0.264 e. The lowest BCUT2D eigenvalue weighted by Gasteiger charge is -2.26. The van der Waals surface area contributed by atoms with Crippen molar-refractivity contribution >= 4 is 29.1 Å². The van der Waals surface area contributed by atoms with Crippen molar-refractivity contribution in [3.8, 4) is 0 Å². The number of aliphatic hydroxyl groups excluding tert-OH is 1. The Labute approximate surface area is 192 Å². The van der Waals surface area contributed by atoms with Crippen LogP contribution in [-0.4, -0.2) is 57.9 Å². The van der Waals surface area contributed by atoms with Crippen LogP contribution < -0.4 is 0 Å². The monoisotopic (exact) mass is 471 g/mol. The largest absolute Gasteiger partial charge is 0.392 e. The van der Waals surface area contributed by atoms with Gasteiger partial charge in [0, 0.05) is 5.70 Å². The highest BCUT2D eigenvalue weighted by molar-refractivity contribution is 6.38. The number of carbonyl (C=O) groups is 1. The molecule has 0 bridgehead atoms. The van der Waals surface area contributed by atoms with Gasteiger partial charge in [-0.3, -0.25) is 4.79 Å². The van der Waals surface area contributed by atoms with Gasteiger partial charge in [-0.2, -0.15) is 0 Å². The third kappa shape index (κ3) is 10.2. The summed E-state index contributed by atoms with van der Waals surface area (Å²) in [7, 11) is 0. The van der Waals surface area contributed by atoms with E-state index in [-0.39, 0.29) is 34.7 Å². The Bertz CT molecular complexity index is 804. The summed E-state index contributed by atoms with van der Waals surface area (Å²) in [4.78, 5) is 21.9. The summed E-state index contributed by atoms with van der Waals surface area (Å²) in [5.74, 6) is -0.650. The Morgan fingerprint density at radius 2 is 1.94 bits per heavy atom. The normalized spacial score (nSPS) is 14.6. The molecule has 1 heterocycles. The van der Waals surface area contributed by atoms with Crippen molar-refractivity contribution in [1.82, 2.24) is 14.9 Å². The minimum absolute atomic E-state index is 0.111. The zero-order valence-electron chi connectivity index (χ0n) is 17.8. The van der Waals surface area contributed by atoms with Crippen molar-refractivity contribution in [3.05, 3.63) is 70.4 Å². The van der Waals surface area contributed by atoms with E-state index < -0.39 is 18.2 Å². The molecular formula is C22H28Cl2FN3O3. The first-order chi connectivity index (χ1) is 14.8. The molecule has 0 spiro atoms. The lowest BCUT2D eigenvalue weighted by molar-refractivity contribution is 0.0723. The summed E-state index contributed by atoms with van der Waals surface area (Å²) in [6.07, 6.45) is 11.9. The van der Waals surface area contributed by atoms with Gasteiger partial charge >= 0.3 is 0 Å². The number of hydrogen-bond acceptors (Lipinski definition) is 5. The van der Waals surface area contributed by atoms with E-state index in [0.717, 1.165) is 12.7 Å². The maximum absolute atomic E-state index is 13.8. The summed E-state index contributed by atoms with van der Waals surface area (Å²) in [6.45, 7) is 5.45. The molecule has 0 saturated carbocycles. The molecule has 1 unspecified atom stereocenters. The standard InChI is InChI=1S/C22H28Cl2FN3O3/c1-4-5-6-7-8-11-31-12-9-10-18(13-16(2)25)28(14-17(3)29)22(30)19-20(23)26-15-27-21(19)24/h4-7,9-10,13,15-17,29H,8,11-12,14H2,1-3H3/b5-4-,7-6-,10-9-,18-13+/t16?,17-/m1/s1. The molecule has 0 aromatic carbocycles. The van der Waals surface area contributed by atoms with E-state index >= 15 is 0 Å². The molecular weight excluding hydrogens is 444 g/mol. The number of amides is 1. The Hall–Kier alpha value is -2.06. The first-order valence-corrected chi connectivity index (χ1v) is 10.6. The molecule has 0 radical (unpaired) electrons. The van der Waals surface area contributed by atoms with Crippen LogP contribution in [0.4, 0.5) is 4.39 Å². The first kappa shape index (κ1) is 27.0. The third-order valence-electron chi connectivity index (χ3n) is 3.74. The van der Waals surface area contributed by atoms with Gasteiger partial charge in [-0.1, -0.05) is 53.6 Å². The topological polar surface area (TPSA) is 75.6 Å². The van der Waals surface area contributed by atoms with Gasteiger partial charge in [0.15, 0.2) is 0 Å². The van der Waals surface area contributed by atoms with Crippen LogP contribution in [0, 0.1) is 0 Å². The molecule has 0 aliphatic rings. The molecule has 1 amide bonds. The number of ether oxygens (including phenoxy) is 1. The van der Waals surface area contributed by atoms with Gasteiger partial charge in [0.1, 0.15) is 28.4 Å². The average molecular weight is 472 g/mol. The number of rotatable bonds is 12. The molecule has 1 rings (SSSR count). The molecule has 170 valence electrons. The molecule has 0 aliphatic heterocycles. The summed E-state index contributed by atoms with van der Waals surface area (Å²) in [5.41, 5.74) is 0.106. The van der Waals surface area contributed by atoms with E-state index in [2.05, 4.69) is 9.97 Å². The van der Waals surface area contributed by atoms with E-state index in [1.54, 1.807) is 12.2 Å². The highest BCUT2D eigenvalue weighted by atomic mass is 35.5. The van der Waals surface area contributed by atoms with Crippen LogP contribution in [0.15, 0.2) is 54.6 Å². The predicted molar refractivity (Wildman–Crippen MR) is 122 cm³/mol. The van der Waals surface area contributed by atoms with Gasteiger partial charge in [-0.25, -0.2) is 14.4 Å². The lowest BCUT2D eigenvalue weighted by atomic mass is 10.2. The van der Waals surface area contributed by atoms with E-state index in [9.17, 15) is 14.3 Å². The number of nitrogens with zero attached hydrogens (tertiary/aromatic N) is 3. The Morgan fingerprint density at radius 3 is 2.52 bits per heavy atom. The van der Waals surface area contributed by atoms with Crippen LogP contribution in [-0.2, 0) is 4.74 Å². The number of halogens is 3.